The third-order valence-corrected chi connectivity index (χ3v) is 3.35. The Balaban J connectivity index is 1.81. The Hall–Kier alpha value is -3.17. The molecule has 2 aromatic rings. The summed E-state index contributed by atoms with van der Waals surface area (Å²) in [5, 5.41) is 9.74. The van der Waals surface area contributed by atoms with Crippen molar-refractivity contribution in [3.8, 4) is 11.4 Å². The molecule has 0 unspecified atom stereocenters. The summed E-state index contributed by atoms with van der Waals surface area (Å²) in [7, 11) is 0. The average molecular weight is 396 g/mol. The highest BCUT2D eigenvalue weighted by atomic mass is 19.4. The molecule has 0 atom stereocenters. The maximum absolute atomic E-state index is 12.5. The first-order chi connectivity index (χ1) is 13.3. The van der Waals surface area contributed by atoms with Gasteiger partial charge in [0, 0.05) is 30.3 Å². The van der Waals surface area contributed by atoms with Crippen LogP contribution in [0.1, 0.15) is 36.5 Å². The quantitative estimate of drug-likeness (QED) is 0.317. The van der Waals surface area contributed by atoms with Crippen molar-refractivity contribution < 1.29 is 27.3 Å². The molecule has 0 radical (unpaired) electrons. The molecule has 2 rings (SSSR count). The van der Waals surface area contributed by atoms with E-state index < -0.39 is 12.1 Å². The Morgan fingerprint density at radius 3 is 2.61 bits per heavy atom. The van der Waals surface area contributed by atoms with E-state index in [1.807, 2.05) is 19.9 Å². The lowest BCUT2D eigenvalue weighted by atomic mass is 10.1. The number of aromatic nitrogens is 2. The highest BCUT2D eigenvalue weighted by Crippen LogP contribution is 2.29. The van der Waals surface area contributed by atoms with Gasteiger partial charge >= 0.3 is 12.1 Å². The molecule has 0 spiro atoms. The summed E-state index contributed by atoms with van der Waals surface area (Å²) < 4.78 is 41.6. The van der Waals surface area contributed by atoms with Crippen molar-refractivity contribution in [2.24, 2.45) is 5.16 Å². The van der Waals surface area contributed by atoms with E-state index in [0.29, 0.717) is 30.7 Å². The number of hydrogen-bond donors (Lipinski definition) is 1. The summed E-state index contributed by atoms with van der Waals surface area (Å²) in [6.07, 6.45) is -0.773. The Morgan fingerprint density at radius 2 is 2.00 bits per heavy atom. The van der Waals surface area contributed by atoms with E-state index in [1.165, 1.54) is 24.3 Å². The predicted molar refractivity (Wildman–Crippen MR) is 95.6 cm³/mol. The average Bonchev–Trinajstić information content (AvgIpc) is 3.14. The number of amides is 1. The van der Waals surface area contributed by atoms with Gasteiger partial charge in [0.1, 0.15) is 6.61 Å². The predicted octanol–water partition coefficient (Wildman–Crippen LogP) is 3.84. The second-order valence-corrected chi connectivity index (χ2v) is 5.91. The van der Waals surface area contributed by atoms with E-state index in [9.17, 15) is 18.0 Å². The number of nitrogens with zero attached hydrogens (tertiary/aromatic N) is 3. The van der Waals surface area contributed by atoms with Gasteiger partial charge in [-0.25, -0.2) is 0 Å². The van der Waals surface area contributed by atoms with Gasteiger partial charge in [-0.15, -0.1) is 0 Å². The van der Waals surface area contributed by atoms with Crippen LogP contribution in [0.2, 0.25) is 0 Å². The van der Waals surface area contributed by atoms with Gasteiger partial charge in [0.15, 0.2) is 0 Å². The van der Waals surface area contributed by atoms with Crippen LogP contribution in [0.5, 0.6) is 0 Å². The van der Waals surface area contributed by atoms with Crippen LogP contribution >= 0.6 is 0 Å². The van der Waals surface area contributed by atoms with Crippen LogP contribution in [0.15, 0.2) is 45.6 Å². The molecule has 0 aliphatic rings. The van der Waals surface area contributed by atoms with Gasteiger partial charge in [0.2, 0.25) is 5.82 Å². The Labute approximate surface area is 159 Å². The zero-order valence-electron chi connectivity index (χ0n) is 15.3. The fourth-order valence-electron chi connectivity index (χ4n) is 1.93. The highest BCUT2D eigenvalue weighted by Gasteiger charge is 2.38. The lowest BCUT2D eigenvalue weighted by Gasteiger charge is -2.04. The number of benzene rings is 1. The summed E-state index contributed by atoms with van der Waals surface area (Å²) in [5.74, 6) is -1.95. The van der Waals surface area contributed by atoms with Crippen LogP contribution in [-0.4, -0.2) is 35.4 Å². The minimum atomic E-state index is -4.70. The topological polar surface area (TPSA) is 89.6 Å². The fraction of sp³-hybridized carbons (Fsp3) is 0.333. The van der Waals surface area contributed by atoms with Gasteiger partial charge in [0.25, 0.3) is 5.91 Å². The smallest absolute Gasteiger partial charge is 0.392 e. The molecule has 0 aliphatic carbocycles. The molecule has 1 heterocycles. The van der Waals surface area contributed by atoms with Crippen LogP contribution < -0.4 is 5.32 Å². The molecule has 0 aliphatic heterocycles. The number of alkyl halides is 3. The van der Waals surface area contributed by atoms with Gasteiger partial charge in [-0.1, -0.05) is 28.0 Å². The Bertz CT molecular complexity index is 839. The van der Waals surface area contributed by atoms with Gasteiger partial charge in [-0.2, -0.15) is 18.2 Å². The van der Waals surface area contributed by atoms with Crippen LogP contribution in [0, 0.1) is 0 Å². The lowest BCUT2D eigenvalue weighted by molar-refractivity contribution is -0.159. The third-order valence-electron chi connectivity index (χ3n) is 3.35. The van der Waals surface area contributed by atoms with E-state index in [1.54, 1.807) is 6.21 Å². The molecular weight excluding hydrogens is 377 g/mol. The number of halogens is 3. The van der Waals surface area contributed by atoms with Gasteiger partial charge in [-0.05, 0) is 32.1 Å². The highest BCUT2D eigenvalue weighted by molar-refractivity contribution is 5.94. The molecular formula is C18H19F3N4O3. The number of hydrogen-bond acceptors (Lipinski definition) is 6. The number of oxime groups is 1. The Morgan fingerprint density at radius 1 is 1.29 bits per heavy atom. The summed E-state index contributed by atoms with van der Waals surface area (Å²) in [4.78, 5) is 20.3. The monoisotopic (exact) mass is 396 g/mol. The molecule has 1 aromatic heterocycles. The van der Waals surface area contributed by atoms with E-state index in [-0.39, 0.29) is 11.7 Å². The fourth-order valence-corrected chi connectivity index (χ4v) is 1.93. The molecule has 0 bridgehead atoms. The Kier molecular flexibility index (Phi) is 7.30. The number of carbonyl (C=O) groups is 1. The maximum Gasteiger partial charge on any atom is 0.471 e. The maximum atomic E-state index is 12.5. The van der Waals surface area contributed by atoms with Crippen molar-refractivity contribution in [2.45, 2.75) is 26.4 Å². The lowest BCUT2D eigenvalue weighted by Crippen LogP contribution is -2.24. The SMILES string of the molecule is CC(C)=CCO/N=C\CCNC(=O)c1ccc(-c2noc(C(F)(F)F)n2)cc1. The number of rotatable bonds is 8. The molecule has 150 valence electrons. The molecule has 1 N–H and O–H groups in total. The van der Waals surface area contributed by atoms with Crippen molar-refractivity contribution in [3.63, 3.8) is 0 Å². The minimum Gasteiger partial charge on any atom is -0.392 e. The van der Waals surface area contributed by atoms with Crippen LogP contribution in [0.4, 0.5) is 13.2 Å². The molecule has 28 heavy (non-hydrogen) atoms. The molecule has 1 amide bonds. The molecule has 10 heteroatoms. The zero-order valence-corrected chi connectivity index (χ0v) is 15.3. The van der Waals surface area contributed by atoms with Crippen LogP contribution in [0.25, 0.3) is 11.4 Å². The zero-order chi connectivity index (χ0) is 20.6. The van der Waals surface area contributed by atoms with E-state index in [2.05, 4.69) is 25.1 Å². The van der Waals surface area contributed by atoms with Crippen molar-refractivity contribution >= 4 is 12.1 Å². The van der Waals surface area contributed by atoms with Crippen LogP contribution in [0.3, 0.4) is 0 Å². The second-order valence-electron chi connectivity index (χ2n) is 5.91. The normalized spacial score (nSPS) is 11.5. The van der Waals surface area contributed by atoms with Crippen molar-refractivity contribution in [1.82, 2.24) is 15.5 Å². The standard InChI is InChI=1S/C18H19F3N4O3/c1-12(2)8-11-27-23-10-3-9-22-16(26)14-6-4-13(5-7-14)15-24-17(28-25-15)18(19,20)21/h4-8,10H,3,9,11H2,1-2H3,(H,22,26)/b23-10-. The third kappa shape index (κ3) is 6.53. The van der Waals surface area contributed by atoms with Gasteiger partial charge < -0.3 is 14.7 Å². The first-order valence-electron chi connectivity index (χ1n) is 8.34. The summed E-state index contributed by atoms with van der Waals surface area (Å²) >= 11 is 0. The van der Waals surface area contributed by atoms with E-state index in [0.717, 1.165) is 5.57 Å². The molecule has 0 fully saturated rings. The van der Waals surface area contributed by atoms with Crippen molar-refractivity contribution in [2.75, 3.05) is 13.2 Å². The summed E-state index contributed by atoms with van der Waals surface area (Å²) in [6, 6.07) is 5.81. The molecule has 1 aromatic carbocycles. The van der Waals surface area contributed by atoms with Crippen molar-refractivity contribution in [3.05, 3.63) is 47.4 Å². The van der Waals surface area contributed by atoms with Crippen molar-refractivity contribution in [1.29, 1.82) is 0 Å². The molecule has 0 saturated heterocycles. The molecule has 0 saturated carbocycles. The molecule has 7 nitrogen and oxygen atoms in total. The van der Waals surface area contributed by atoms with Gasteiger partial charge in [-0.3, -0.25) is 4.79 Å². The first-order valence-corrected chi connectivity index (χ1v) is 8.34. The van der Waals surface area contributed by atoms with Crippen LogP contribution in [-0.2, 0) is 11.0 Å². The summed E-state index contributed by atoms with van der Waals surface area (Å²) in [6.45, 7) is 4.66. The number of allylic oxidation sites excluding steroid dienone is 1. The minimum absolute atomic E-state index is 0.205. The number of nitrogens with one attached hydrogen (secondary N) is 1. The summed E-state index contributed by atoms with van der Waals surface area (Å²) in [5.41, 5.74) is 1.78. The second kappa shape index (κ2) is 9.67. The van der Waals surface area contributed by atoms with E-state index >= 15 is 0 Å². The first kappa shape index (κ1) is 21.1. The van der Waals surface area contributed by atoms with E-state index in [4.69, 9.17) is 4.84 Å². The number of carbonyl (C=O) groups excluding carboxylic acids is 1. The largest absolute Gasteiger partial charge is 0.471 e. The van der Waals surface area contributed by atoms with Gasteiger partial charge in [0.05, 0.1) is 0 Å².